The molecule has 0 aromatic carbocycles. The molecule has 1 fully saturated rings. The number of carbonyl (C=O) groups excluding carboxylic acids is 2. The molecule has 2 aliphatic rings. The number of allylic oxidation sites excluding steroid dienone is 3. The second-order valence-corrected chi connectivity index (χ2v) is 3.04. The van der Waals surface area contributed by atoms with Crippen LogP contribution < -0.4 is 0 Å². The lowest BCUT2D eigenvalue weighted by Gasteiger charge is -2.08. The Hall–Kier alpha value is -1.38. The van der Waals surface area contributed by atoms with Crippen molar-refractivity contribution in [1.82, 2.24) is 0 Å². The van der Waals surface area contributed by atoms with Crippen molar-refractivity contribution >= 4 is 11.9 Å². The summed E-state index contributed by atoms with van der Waals surface area (Å²) in [5.74, 6) is -1.21. The zero-order valence-corrected chi connectivity index (χ0v) is 6.66. The summed E-state index contributed by atoms with van der Waals surface area (Å²) in [5, 5.41) is 0. The summed E-state index contributed by atoms with van der Waals surface area (Å²) >= 11 is 0. The van der Waals surface area contributed by atoms with Gasteiger partial charge in [0, 0.05) is 0 Å². The van der Waals surface area contributed by atoms with Crippen molar-refractivity contribution in [3.8, 4) is 0 Å². The molecular formula is C9H8O3. The number of cyclic esters (lactones) is 2. The Bertz CT molecular complexity index is 323. The average Bonchev–Trinajstić information content (AvgIpc) is 2.28. The van der Waals surface area contributed by atoms with Crippen LogP contribution >= 0.6 is 0 Å². The topological polar surface area (TPSA) is 43.4 Å². The zero-order valence-electron chi connectivity index (χ0n) is 6.66. The van der Waals surface area contributed by atoms with E-state index in [1.54, 1.807) is 6.08 Å². The van der Waals surface area contributed by atoms with Gasteiger partial charge in [-0.1, -0.05) is 11.6 Å². The molecule has 12 heavy (non-hydrogen) atoms. The van der Waals surface area contributed by atoms with Crippen molar-refractivity contribution in [2.75, 3.05) is 0 Å². The average molecular weight is 164 g/mol. The highest BCUT2D eigenvalue weighted by atomic mass is 16.6. The molecule has 1 aliphatic carbocycles. The Morgan fingerprint density at radius 2 is 2.25 bits per heavy atom. The predicted octanol–water partition coefficient (Wildman–Crippen LogP) is 0.962. The van der Waals surface area contributed by atoms with E-state index in [9.17, 15) is 9.59 Å². The smallest absolute Gasteiger partial charge is 0.342 e. The first-order valence-electron chi connectivity index (χ1n) is 3.83. The Labute approximate surface area is 69.7 Å². The highest BCUT2D eigenvalue weighted by molar-refractivity contribution is 6.08. The van der Waals surface area contributed by atoms with E-state index in [1.807, 2.05) is 13.0 Å². The molecule has 0 aromatic rings. The minimum atomic E-state index is -0.475. The summed E-state index contributed by atoms with van der Waals surface area (Å²) < 4.78 is 4.48. The van der Waals surface area contributed by atoms with Gasteiger partial charge in [0.2, 0.25) is 0 Å². The molecule has 0 bridgehead atoms. The summed E-state index contributed by atoms with van der Waals surface area (Å²) in [5.41, 5.74) is 1.54. The molecule has 1 unspecified atom stereocenters. The molecule has 1 saturated heterocycles. The van der Waals surface area contributed by atoms with Crippen LogP contribution in [0.4, 0.5) is 0 Å². The van der Waals surface area contributed by atoms with Crippen molar-refractivity contribution in [3.05, 3.63) is 23.3 Å². The monoisotopic (exact) mass is 164 g/mol. The van der Waals surface area contributed by atoms with Crippen LogP contribution in [0.25, 0.3) is 0 Å². The third-order valence-electron chi connectivity index (χ3n) is 2.15. The van der Waals surface area contributed by atoms with E-state index in [1.165, 1.54) is 0 Å². The molecule has 1 heterocycles. The lowest BCUT2D eigenvalue weighted by molar-refractivity contribution is -0.152. The van der Waals surface area contributed by atoms with Gasteiger partial charge in [-0.05, 0) is 19.4 Å². The van der Waals surface area contributed by atoms with E-state index in [4.69, 9.17) is 0 Å². The largest absolute Gasteiger partial charge is 0.389 e. The van der Waals surface area contributed by atoms with Gasteiger partial charge in [0.15, 0.2) is 0 Å². The molecule has 0 radical (unpaired) electrons. The van der Waals surface area contributed by atoms with Crippen molar-refractivity contribution in [3.63, 3.8) is 0 Å². The van der Waals surface area contributed by atoms with Crippen molar-refractivity contribution in [2.45, 2.75) is 13.3 Å². The third kappa shape index (κ3) is 0.897. The molecule has 0 amide bonds. The maximum atomic E-state index is 11.0. The fraction of sp³-hybridized carbons (Fsp3) is 0.333. The van der Waals surface area contributed by atoms with Gasteiger partial charge < -0.3 is 4.74 Å². The van der Waals surface area contributed by atoms with Crippen LogP contribution in [-0.2, 0) is 14.3 Å². The second-order valence-electron chi connectivity index (χ2n) is 3.04. The summed E-state index contributed by atoms with van der Waals surface area (Å²) in [6.45, 7) is 1.90. The summed E-state index contributed by atoms with van der Waals surface area (Å²) in [6, 6.07) is 0. The summed E-state index contributed by atoms with van der Waals surface area (Å²) in [7, 11) is 0. The van der Waals surface area contributed by atoms with Gasteiger partial charge >= 0.3 is 11.9 Å². The second kappa shape index (κ2) is 2.30. The van der Waals surface area contributed by atoms with E-state index >= 15 is 0 Å². The van der Waals surface area contributed by atoms with Crippen molar-refractivity contribution in [1.29, 1.82) is 0 Å². The Morgan fingerprint density at radius 1 is 1.50 bits per heavy atom. The first-order valence-corrected chi connectivity index (χ1v) is 3.83. The van der Waals surface area contributed by atoms with Gasteiger partial charge in [-0.15, -0.1) is 0 Å². The Balaban J connectivity index is 2.42. The number of hydrogen-bond acceptors (Lipinski definition) is 3. The van der Waals surface area contributed by atoms with Gasteiger partial charge in [-0.25, -0.2) is 4.79 Å². The van der Waals surface area contributed by atoms with E-state index in [0.29, 0.717) is 12.0 Å². The third-order valence-corrected chi connectivity index (χ3v) is 2.15. The van der Waals surface area contributed by atoms with Gasteiger partial charge in [0.05, 0.1) is 11.5 Å². The maximum absolute atomic E-state index is 11.0. The molecule has 2 rings (SSSR count). The molecule has 3 heteroatoms. The van der Waals surface area contributed by atoms with E-state index < -0.39 is 11.9 Å². The Morgan fingerprint density at radius 3 is 3.00 bits per heavy atom. The number of rotatable bonds is 0. The number of esters is 2. The first kappa shape index (κ1) is 7.28. The predicted molar refractivity (Wildman–Crippen MR) is 41.0 cm³/mol. The van der Waals surface area contributed by atoms with Gasteiger partial charge in [-0.3, -0.25) is 4.79 Å². The van der Waals surface area contributed by atoms with Crippen LogP contribution in [0.3, 0.4) is 0 Å². The summed E-state index contributed by atoms with van der Waals surface area (Å²) in [6.07, 6.45) is 4.26. The van der Waals surface area contributed by atoms with E-state index in [-0.39, 0.29) is 5.92 Å². The molecular weight excluding hydrogens is 156 g/mol. The van der Waals surface area contributed by atoms with Gasteiger partial charge in [0.1, 0.15) is 0 Å². The highest BCUT2D eigenvalue weighted by Gasteiger charge is 2.39. The van der Waals surface area contributed by atoms with Gasteiger partial charge in [0.25, 0.3) is 0 Å². The molecule has 0 saturated carbocycles. The molecule has 1 aliphatic heterocycles. The van der Waals surface area contributed by atoms with Crippen LogP contribution in [-0.4, -0.2) is 11.9 Å². The van der Waals surface area contributed by atoms with Crippen LogP contribution in [0.2, 0.25) is 0 Å². The highest BCUT2D eigenvalue weighted by Crippen LogP contribution is 2.30. The van der Waals surface area contributed by atoms with Crippen molar-refractivity contribution in [2.24, 2.45) is 5.92 Å². The minimum Gasteiger partial charge on any atom is -0.389 e. The molecule has 0 spiro atoms. The van der Waals surface area contributed by atoms with E-state index in [0.717, 1.165) is 5.57 Å². The van der Waals surface area contributed by atoms with Crippen LogP contribution in [0.15, 0.2) is 23.3 Å². The molecule has 62 valence electrons. The fourth-order valence-corrected chi connectivity index (χ4v) is 1.48. The quantitative estimate of drug-likeness (QED) is 0.395. The number of carbonyl (C=O) groups is 2. The Kier molecular flexibility index (Phi) is 1.40. The summed E-state index contributed by atoms with van der Waals surface area (Å²) in [4.78, 5) is 22.0. The molecule has 3 nitrogen and oxygen atoms in total. The van der Waals surface area contributed by atoms with Crippen LogP contribution in [0.1, 0.15) is 13.3 Å². The zero-order chi connectivity index (χ0) is 8.72. The van der Waals surface area contributed by atoms with Gasteiger partial charge in [-0.2, -0.15) is 0 Å². The standard InChI is InChI=1S/C9H8O3/c1-5-2-3-6-7(4-5)9(11)12-8(6)10/h2,4,6H,3H2,1H3. The number of fused-ring (bicyclic) bond motifs is 1. The molecule has 1 atom stereocenters. The van der Waals surface area contributed by atoms with Crippen molar-refractivity contribution < 1.29 is 14.3 Å². The maximum Gasteiger partial charge on any atom is 0.342 e. The minimum absolute atomic E-state index is 0.332. The molecule has 0 aromatic heterocycles. The SMILES string of the molecule is CC1=CCC2C(=O)OC(=O)C2=C1. The first-order chi connectivity index (χ1) is 5.68. The van der Waals surface area contributed by atoms with Crippen LogP contribution in [0.5, 0.6) is 0 Å². The lowest BCUT2D eigenvalue weighted by Crippen LogP contribution is -2.10. The van der Waals surface area contributed by atoms with Crippen LogP contribution in [0, 0.1) is 5.92 Å². The lowest BCUT2D eigenvalue weighted by atomic mass is 9.91. The number of hydrogen-bond donors (Lipinski definition) is 0. The normalized spacial score (nSPS) is 27.6. The molecule has 0 N–H and O–H groups in total. The fourth-order valence-electron chi connectivity index (χ4n) is 1.48. The van der Waals surface area contributed by atoms with E-state index in [2.05, 4.69) is 4.74 Å². The number of ether oxygens (including phenoxy) is 1.